The summed E-state index contributed by atoms with van der Waals surface area (Å²) in [6.45, 7) is 7.94. The molecule has 0 bridgehead atoms. The quantitative estimate of drug-likeness (QED) is 0.829. The number of rotatable bonds is 6. The van der Waals surface area contributed by atoms with Crippen LogP contribution in [0.15, 0.2) is 24.3 Å². The first-order valence-corrected chi connectivity index (χ1v) is 6.63. The van der Waals surface area contributed by atoms with Crippen LogP contribution in [0.3, 0.4) is 0 Å². The largest absolute Gasteiger partial charge is 0.484 e. The number of nitrogens with two attached hydrogens (primary N) is 1. The van der Waals surface area contributed by atoms with E-state index in [0.717, 1.165) is 12.0 Å². The molecule has 3 N–H and O–H groups in total. The van der Waals surface area contributed by atoms with Crippen LogP contribution in [0.1, 0.15) is 45.7 Å². The molecule has 0 heterocycles. The summed E-state index contributed by atoms with van der Waals surface area (Å²) in [7, 11) is 0. The number of benzene rings is 1. The number of ether oxygens (including phenoxy) is 1. The summed E-state index contributed by atoms with van der Waals surface area (Å²) in [6.07, 6.45) is 0.874. The van der Waals surface area contributed by atoms with Gasteiger partial charge >= 0.3 is 0 Å². The Hall–Kier alpha value is -1.55. The Labute approximate surface area is 115 Å². The average Bonchev–Trinajstić information content (AvgIpc) is 2.36. The molecule has 0 saturated carbocycles. The zero-order valence-electron chi connectivity index (χ0n) is 12.2. The molecular weight excluding hydrogens is 240 g/mol. The van der Waals surface area contributed by atoms with Crippen molar-refractivity contribution in [2.24, 2.45) is 5.73 Å². The van der Waals surface area contributed by atoms with Gasteiger partial charge in [-0.2, -0.15) is 0 Å². The highest BCUT2D eigenvalue weighted by Gasteiger charge is 2.17. The molecule has 1 aromatic carbocycles. The van der Waals surface area contributed by atoms with E-state index in [9.17, 15) is 4.79 Å². The molecule has 19 heavy (non-hydrogen) atoms. The first kappa shape index (κ1) is 15.5. The van der Waals surface area contributed by atoms with Crippen molar-refractivity contribution < 1.29 is 9.53 Å². The van der Waals surface area contributed by atoms with E-state index in [1.807, 2.05) is 52.0 Å². The zero-order valence-corrected chi connectivity index (χ0v) is 12.2. The zero-order chi connectivity index (χ0) is 14.5. The smallest absolute Gasteiger partial charge is 0.258 e. The van der Waals surface area contributed by atoms with Crippen LogP contribution in [0.5, 0.6) is 5.75 Å². The lowest BCUT2D eigenvalue weighted by Crippen LogP contribution is -2.44. The van der Waals surface area contributed by atoms with Gasteiger partial charge in [0.1, 0.15) is 5.75 Å². The van der Waals surface area contributed by atoms with Gasteiger partial charge in [0.15, 0.2) is 6.61 Å². The summed E-state index contributed by atoms with van der Waals surface area (Å²) in [4.78, 5) is 11.7. The summed E-state index contributed by atoms with van der Waals surface area (Å²) in [5, 5.41) is 2.92. The van der Waals surface area contributed by atoms with E-state index in [1.165, 1.54) is 0 Å². The van der Waals surface area contributed by atoms with Crippen LogP contribution in [0, 0.1) is 0 Å². The van der Waals surface area contributed by atoms with E-state index in [2.05, 4.69) is 5.32 Å². The molecular formula is C15H24N2O2. The standard InChI is InChI=1S/C15H24N2O2/c1-5-15(3,4)17-14(18)10-19-13-8-6-7-12(9-13)11(2)16/h6-9,11H,5,10,16H2,1-4H3,(H,17,18)/t11-/m0/s1. The van der Waals surface area contributed by atoms with Crippen molar-refractivity contribution in [2.75, 3.05) is 6.61 Å². The third-order valence-electron chi connectivity index (χ3n) is 3.12. The van der Waals surface area contributed by atoms with Crippen molar-refractivity contribution in [1.82, 2.24) is 5.32 Å². The van der Waals surface area contributed by atoms with E-state index in [0.29, 0.717) is 5.75 Å². The van der Waals surface area contributed by atoms with Crippen LogP contribution in [0.25, 0.3) is 0 Å². The number of amides is 1. The van der Waals surface area contributed by atoms with Gasteiger partial charge in [-0.1, -0.05) is 19.1 Å². The Morgan fingerprint density at radius 1 is 1.47 bits per heavy atom. The van der Waals surface area contributed by atoms with Crippen molar-refractivity contribution in [2.45, 2.75) is 45.7 Å². The first-order chi connectivity index (χ1) is 8.84. The molecule has 0 aliphatic carbocycles. The summed E-state index contributed by atoms with van der Waals surface area (Å²) < 4.78 is 5.48. The van der Waals surface area contributed by atoms with Crippen LogP contribution < -0.4 is 15.8 Å². The van der Waals surface area contributed by atoms with E-state index < -0.39 is 0 Å². The van der Waals surface area contributed by atoms with Gasteiger partial charge in [0.2, 0.25) is 0 Å². The Morgan fingerprint density at radius 2 is 2.16 bits per heavy atom. The minimum absolute atomic E-state index is 0.0197. The average molecular weight is 264 g/mol. The highest BCUT2D eigenvalue weighted by molar-refractivity contribution is 5.78. The Balaban J connectivity index is 2.53. The van der Waals surface area contributed by atoms with Crippen molar-refractivity contribution in [3.63, 3.8) is 0 Å². The number of carbonyl (C=O) groups excluding carboxylic acids is 1. The monoisotopic (exact) mass is 264 g/mol. The molecule has 1 atom stereocenters. The summed E-state index contributed by atoms with van der Waals surface area (Å²) >= 11 is 0. The van der Waals surface area contributed by atoms with Crippen LogP contribution in [0.2, 0.25) is 0 Å². The van der Waals surface area contributed by atoms with Crippen LogP contribution in [0.4, 0.5) is 0 Å². The van der Waals surface area contributed by atoms with E-state index in [-0.39, 0.29) is 24.1 Å². The molecule has 1 aromatic rings. The Kier molecular flexibility index (Phi) is 5.36. The second-order valence-electron chi connectivity index (χ2n) is 5.44. The molecule has 0 spiro atoms. The summed E-state index contributed by atoms with van der Waals surface area (Å²) in [5.74, 6) is 0.553. The number of hydrogen-bond acceptors (Lipinski definition) is 3. The molecule has 0 radical (unpaired) electrons. The minimum Gasteiger partial charge on any atom is -0.484 e. The lowest BCUT2D eigenvalue weighted by Gasteiger charge is -2.24. The third-order valence-corrected chi connectivity index (χ3v) is 3.12. The van der Waals surface area contributed by atoms with Gasteiger partial charge in [-0.3, -0.25) is 4.79 Å². The topological polar surface area (TPSA) is 64.3 Å². The molecule has 0 saturated heterocycles. The van der Waals surface area contributed by atoms with Gasteiger partial charge in [0.25, 0.3) is 5.91 Å². The van der Waals surface area contributed by atoms with E-state index in [1.54, 1.807) is 0 Å². The van der Waals surface area contributed by atoms with Gasteiger partial charge in [0, 0.05) is 11.6 Å². The molecule has 0 fully saturated rings. The minimum atomic E-state index is -0.200. The maximum absolute atomic E-state index is 11.7. The van der Waals surface area contributed by atoms with Crippen molar-refractivity contribution in [3.8, 4) is 5.75 Å². The van der Waals surface area contributed by atoms with Gasteiger partial charge in [0.05, 0.1) is 0 Å². The lowest BCUT2D eigenvalue weighted by atomic mass is 10.0. The Morgan fingerprint density at radius 3 is 2.74 bits per heavy atom. The second kappa shape index (κ2) is 6.57. The molecule has 1 rings (SSSR count). The first-order valence-electron chi connectivity index (χ1n) is 6.63. The van der Waals surface area contributed by atoms with Crippen LogP contribution in [-0.2, 0) is 4.79 Å². The number of carbonyl (C=O) groups is 1. The fourth-order valence-corrected chi connectivity index (χ4v) is 1.54. The Bertz CT molecular complexity index is 428. The second-order valence-corrected chi connectivity index (χ2v) is 5.44. The molecule has 0 unspecified atom stereocenters. The van der Waals surface area contributed by atoms with E-state index >= 15 is 0 Å². The fraction of sp³-hybridized carbons (Fsp3) is 0.533. The SMILES string of the molecule is CCC(C)(C)NC(=O)COc1cccc([C@H](C)N)c1. The normalized spacial score (nSPS) is 12.9. The van der Waals surface area contributed by atoms with Crippen LogP contribution >= 0.6 is 0 Å². The summed E-state index contributed by atoms with van der Waals surface area (Å²) in [6, 6.07) is 7.46. The van der Waals surface area contributed by atoms with Crippen molar-refractivity contribution in [1.29, 1.82) is 0 Å². The van der Waals surface area contributed by atoms with E-state index in [4.69, 9.17) is 10.5 Å². The molecule has 4 nitrogen and oxygen atoms in total. The summed E-state index contributed by atoms with van der Waals surface area (Å²) in [5.41, 5.74) is 6.60. The predicted molar refractivity (Wildman–Crippen MR) is 77.1 cm³/mol. The fourth-order valence-electron chi connectivity index (χ4n) is 1.54. The van der Waals surface area contributed by atoms with Crippen molar-refractivity contribution >= 4 is 5.91 Å². The third kappa shape index (κ3) is 5.30. The van der Waals surface area contributed by atoms with Gasteiger partial charge in [-0.25, -0.2) is 0 Å². The maximum Gasteiger partial charge on any atom is 0.258 e. The van der Waals surface area contributed by atoms with Crippen LogP contribution in [-0.4, -0.2) is 18.1 Å². The highest BCUT2D eigenvalue weighted by atomic mass is 16.5. The highest BCUT2D eigenvalue weighted by Crippen LogP contribution is 2.17. The lowest BCUT2D eigenvalue weighted by molar-refractivity contribution is -0.124. The predicted octanol–water partition coefficient (Wildman–Crippen LogP) is 2.39. The molecule has 1 amide bonds. The van der Waals surface area contributed by atoms with Gasteiger partial charge < -0.3 is 15.8 Å². The molecule has 0 aromatic heterocycles. The molecule has 0 aliphatic rings. The number of hydrogen-bond donors (Lipinski definition) is 2. The molecule has 4 heteroatoms. The molecule has 106 valence electrons. The van der Waals surface area contributed by atoms with Gasteiger partial charge in [-0.15, -0.1) is 0 Å². The van der Waals surface area contributed by atoms with Gasteiger partial charge in [-0.05, 0) is 44.9 Å². The maximum atomic E-state index is 11.7. The van der Waals surface area contributed by atoms with Crippen molar-refractivity contribution in [3.05, 3.63) is 29.8 Å². The molecule has 0 aliphatic heterocycles. The number of nitrogens with one attached hydrogen (secondary N) is 1.